The summed E-state index contributed by atoms with van der Waals surface area (Å²) >= 11 is 1.26. The van der Waals surface area contributed by atoms with Crippen molar-refractivity contribution in [1.29, 1.82) is 0 Å². The Balaban J connectivity index is 2.08. The van der Waals surface area contributed by atoms with Gasteiger partial charge in [-0.1, -0.05) is 44.7 Å². The molecule has 3 N–H and O–H groups in total. The Kier molecular flexibility index (Phi) is 5.38. The summed E-state index contributed by atoms with van der Waals surface area (Å²) in [6.45, 7) is 7.81. The number of amides is 1. The van der Waals surface area contributed by atoms with Gasteiger partial charge in [0.25, 0.3) is 0 Å². The zero-order valence-electron chi connectivity index (χ0n) is 14.5. The fourth-order valence-corrected chi connectivity index (χ4v) is 2.83. The first kappa shape index (κ1) is 18.1. The van der Waals surface area contributed by atoms with Crippen molar-refractivity contribution in [2.45, 2.75) is 43.5 Å². The third kappa shape index (κ3) is 4.00. The number of methoxy groups -OCH3 is 1. The molecule has 1 heterocycles. The van der Waals surface area contributed by atoms with Crippen molar-refractivity contribution in [3.05, 3.63) is 30.1 Å². The second kappa shape index (κ2) is 7.12. The van der Waals surface area contributed by atoms with Crippen molar-refractivity contribution in [3.8, 4) is 5.75 Å². The highest BCUT2D eigenvalue weighted by Crippen LogP contribution is 2.28. The first-order valence-corrected chi connectivity index (χ1v) is 8.43. The number of aromatic nitrogens is 3. The molecule has 0 saturated heterocycles. The van der Waals surface area contributed by atoms with Crippen LogP contribution < -0.4 is 15.9 Å². The zero-order valence-corrected chi connectivity index (χ0v) is 15.3. The van der Waals surface area contributed by atoms with Gasteiger partial charge in [-0.25, -0.2) is 4.68 Å². The minimum absolute atomic E-state index is 0.162. The summed E-state index contributed by atoms with van der Waals surface area (Å²) in [5.74, 6) is 7.17. The lowest BCUT2D eigenvalue weighted by Gasteiger charge is -2.17. The number of anilines is 1. The van der Waals surface area contributed by atoms with Crippen LogP contribution in [0.5, 0.6) is 5.75 Å². The molecule has 1 atom stereocenters. The van der Waals surface area contributed by atoms with Crippen molar-refractivity contribution >= 4 is 23.4 Å². The summed E-state index contributed by atoms with van der Waals surface area (Å²) in [6.07, 6.45) is 0. The molecule has 1 aromatic carbocycles. The third-order valence-electron chi connectivity index (χ3n) is 3.35. The van der Waals surface area contributed by atoms with Gasteiger partial charge < -0.3 is 15.9 Å². The molecule has 8 heteroatoms. The molecule has 7 nitrogen and oxygen atoms in total. The van der Waals surface area contributed by atoms with Crippen molar-refractivity contribution in [1.82, 2.24) is 14.9 Å². The Labute approximate surface area is 145 Å². The Bertz CT molecular complexity index is 723. The molecule has 0 radical (unpaired) electrons. The third-order valence-corrected chi connectivity index (χ3v) is 4.41. The molecule has 0 spiro atoms. The summed E-state index contributed by atoms with van der Waals surface area (Å²) in [7, 11) is 1.56. The van der Waals surface area contributed by atoms with Gasteiger partial charge in [-0.15, -0.1) is 10.2 Å². The number of nitrogens with one attached hydrogen (secondary N) is 1. The number of benzene rings is 1. The van der Waals surface area contributed by atoms with E-state index in [1.165, 1.54) is 16.4 Å². The van der Waals surface area contributed by atoms with Gasteiger partial charge in [0, 0.05) is 5.41 Å². The van der Waals surface area contributed by atoms with Crippen LogP contribution in [0.15, 0.2) is 29.4 Å². The topological polar surface area (TPSA) is 95.1 Å². The van der Waals surface area contributed by atoms with E-state index in [1.807, 2.05) is 32.9 Å². The highest BCUT2D eigenvalue weighted by molar-refractivity contribution is 8.00. The Morgan fingerprint density at radius 1 is 1.33 bits per heavy atom. The van der Waals surface area contributed by atoms with Gasteiger partial charge in [0.1, 0.15) is 5.75 Å². The lowest BCUT2D eigenvalue weighted by Crippen LogP contribution is -2.26. The van der Waals surface area contributed by atoms with E-state index < -0.39 is 5.25 Å². The molecule has 0 saturated carbocycles. The van der Waals surface area contributed by atoms with Crippen molar-refractivity contribution in [3.63, 3.8) is 0 Å². The number of nitrogens with zero attached hydrogens (tertiary/aromatic N) is 3. The van der Waals surface area contributed by atoms with E-state index in [9.17, 15) is 4.79 Å². The number of para-hydroxylation sites is 2. The van der Waals surface area contributed by atoms with E-state index >= 15 is 0 Å². The quantitative estimate of drug-likeness (QED) is 0.636. The van der Waals surface area contributed by atoms with Crippen LogP contribution in [-0.4, -0.2) is 33.1 Å². The highest BCUT2D eigenvalue weighted by Gasteiger charge is 2.25. The number of ether oxygens (including phenoxy) is 1. The second-order valence-corrected chi connectivity index (χ2v) is 7.68. The van der Waals surface area contributed by atoms with E-state index in [4.69, 9.17) is 10.6 Å². The predicted octanol–water partition coefficient (Wildman–Crippen LogP) is 2.42. The van der Waals surface area contributed by atoms with Crippen LogP contribution in [-0.2, 0) is 10.2 Å². The van der Waals surface area contributed by atoms with Gasteiger partial charge in [0.2, 0.25) is 11.1 Å². The monoisotopic (exact) mass is 349 g/mol. The summed E-state index contributed by atoms with van der Waals surface area (Å²) in [6, 6.07) is 7.26. The summed E-state index contributed by atoms with van der Waals surface area (Å²) in [4.78, 5) is 12.4. The smallest absolute Gasteiger partial charge is 0.237 e. The molecule has 24 heavy (non-hydrogen) atoms. The van der Waals surface area contributed by atoms with Crippen molar-refractivity contribution < 1.29 is 9.53 Å². The largest absolute Gasteiger partial charge is 0.495 e. The predicted molar refractivity (Wildman–Crippen MR) is 95.8 cm³/mol. The first-order valence-electron chi connectivity index (χ1n) is 7.55. The fraction of sp³-hybridized carbons (Fsp3) is 0.438. The summed E-state index contributed by atoms with van der Waals surface area (Å²) in [5.41, 5.74) is 0.408. The molecule has 0 aliphatic heterocycles. The van der Waals surface area contributed by atoms with Crippen LogP contribution in [0.2, 0.25) is 0 Å². The zero-order chi connectivity index (χ0) is 17.9. The summed E-state index contributed by atoms with van der Waals surface area (Å²) in [5, 5.41) is 11.2. The Morgan fingerprint density at radius 3 is 2.58 bits per heavy atom. The van der Waals surface area contributed by atoms with E-state index in [1.54, 1.807) is 26.2 Å². The molecule has 0 bridgehead atoms. The number of rotatable bonds is 5. The van der Waals surface area contributed by atoms with Gasteiger partial charge in [-0.2, -0.15) is 0 Å². The molecule has 1 aromatic heterocycles. The SMILES string of the molecule is COc1ccccc1NC(=O)[C@@H](C)Sc1nnc(C(C)(C)C)n1N. The molecular formula is C16H23N5O2S. The number of nitrogens with two attached hydrogens (primary N) is 1. The van der Waals surface area contributed by atoms with E-state index in [0.717, 1.165) is 0 Å². The number of carbonyl (C=O) groups is 1. The highest BCUT2D eigenvalue weighted by atomic mass is 32.2. The molecule has 0 fully saturated rings. The van der Waals surface area contributed by atoms with Crippen molar-refractivity contribution in [2.24, 2.45) is 0 Å². The van der Waals surface area contributed by atoms with Crippen molar-refractivity contribution in [2.75, 3.05) is 18.3 Å². The molecule has 0 aliphatic carbocycles. The van der Waals surface area contributed by atoms with Gasteiger partial charge in [-0.05, 0) is 19.1 Å². The summed E-state index contributed by atoms with van der Waals surface area (Å²) < 4.78 is 6.68. The number of thioether (sulfide) groups is 1. The molecule has 2 rings (SSSR count). The molecule has 2 aromatic rings. The van der Waals surface area contributed by atoms with E-state index in [2.05, 4.69) is 15.5 Å². The molecule has 0 aliphatic rings. The van der Waals surface area contributed by atoms with E-state index in [-0.39, 0.29) is 11.3 Å². The second-order valence-electron chi connectivity index (χ2n) is 6.38. The van der Waals surface area contributed by atoms with Gasteiger partial charge in [0.05, 0.1) is 18.0 Å². The molecule has 1 amide bonds. The van der Waals surface area contributed by atoms with Crippen LogP contribution in [0.4, 0.5) is 5.69 Å². The number of hydrogen-bond donors (Lipinski definition) is 2. The molecule has 0 unspecified atom stereocenters. The van der Waals surface area contributed by atoms with Crippen LogP contribution in [0.25, 0.3) is 0 Å². The lowest BCUT2D eigenvalue weighted by molar-refractivity contribution is -0.115. The standard InChI is InChI=1S/C16H23N5O2S/c1-10(13(22)18-11-8-6-7-9-12(11)23-5)24-15-20-19-14(21(15)17)16(2,3)4/h6-10H,17H2,1-5H3,(H,18,22)/t10-/m1/s1. The average molecular weight is 349 g/mol. The maximum Gasteiger partial charge on any atom is 0.237 e. The first-order chi connectivity index (χ1) is 11.2. The normalized spacial score (nSPS) is 12.7. The Hall–Kier alpha value is -2.22. The van der Waals surface area contributed by atoms with Crippen LogP contribution in [0.3, 0.4) is 0 Å². The molecule has 130 valence electrons. The van der Waals surface area contributed by atoms with Crippen LogP contribution >= 0.6 is 11.8 Å². The lowest BCUT2D eigenvalue weighted by atomic mass is 9.96. The van der Waals surface area contributed by atoms with Gasteiger partial charge in [0.15, 0.2) is 5.82 Å². The molecular weight excluding hydrogens is 326 g/mol. The number of nitrogen functional groups attached to an aromatic ring is 1. The van der Waals surface area contributed by atoms with Gasteiger partial charge >= 0.3 is 0 Å². The minimum Gasteiger partial charge on any atom is -0.495 e. The Morgan fingerprint density at radius 2 is 2.00 bits per heavy atom. The number of hydrogen-bond acceptors (Lipinski definition) is 6. The van der Waals surface area contributed by atoms with Crippen LogP contribution in [0, 0.1) is 0 Å². The van der Waals surface area contributed by atoms with Crippen LogP contribution in [0.1, 0.15) is 33.5 Å². The van der Waals surface area contributed by atoms with Gasteiger partial charge in [-0.3, -0.25) is 4.79 Å². The maximum atomic E-state index is 12.4. The minimum atomic E-state index is -0.394. The average Bonchev–Trinajstić information content (AvgIpc) is 2.88. The van der Waals surface area contributed by atoms with E-state index in [0.29, 0.717) is 22.4 Å². The maximum absolute atomic E-state index is 12.4. The fourth-order valence-electron chi connectivity index (χ4n) is 2.06. The number of carbonyl (C=O) groups excluding carboxylic acids is 1.